The summed E-state index contributed by atoms with van der Waals surface area (Å²) in [7, 11) is 1.28. The summed E-state index contributed by atoms with van der Waals surface area (Å²) in [6.07, 6.45) is 1.81. The number of benzene rings is 1. The van der Waals surface area contributed by atoms with Crippen molar-refractivity contribution in [2.75, 3.05) is 7.11 Å². The van der Waals surface area contributed by atoms with Crippen molar-refractivity contribution >= 4 is 22.7 Å². The Kier molecular flexibility index (Phi) is 2.95. The molecule has 0 saturated heterocycles. The lowest BCUT2D eigenvalue weighted by Crippen LogP contribution is -2.21. The van der Waals surface area contributed by atoms with Crippen molar-refractivity contribution in [1.29, 1.82) is 0 Å². The summed E-state index contributed by atoms with van der Waals surface area (Å²) in [6.45, 7) is 1.39. The van der Waals surface area contributed by atoms with Crippen molar-refractivity contribution in [2.45, 2.75) is 12.8 Å². The topological polar surface area (TPSA) is 59.2 Å². The average molecular weight is 231 g/mol. The highest BCUT2D eigenvalue weighted by Crippen LogP contribution is 2.23. The second-order valence-corrected chi connectivity index (χ2v) is 3.89. The monoisotopic (exact) mass is 231 g/mol. The molecule has 0 bridgehead atoms. The van der Waals surface area contributed by atoms with Crippen LogP contribution in [0.5, 0.6) is 0 Å². The molecular weight excluding hydrogens is 218 g/mol. The van der Waals surface area contributed by atoms with E-state index < -0.39 is 11.9 Å². The molecule has 0 radical (unpaired) electrons. The first-order chi connectivity index (χ1) is 8.13. The van der Waals surface area contributed by atoms with E-state index in [1.54, 1.807) is 6.07 Å². The number of Topliss-reactive ketones (excluding diaryl/α,β-unsaturated/α-hetero) is 1. The van der Waals surface area contributed by atoms with Crippen molar-refractivity contribution in [2.24, 2.45) is 0 Å². The van der Waals surface area contributed by atoms with Crippen molar-refractivity contribution in [3.8, 4) is 0 Å². The summed E-state index contributed by atoms with van der Waals surface area (Å²) in [5.74, 6) is -1.57. The molecule has 0 spiro atoms. The Morgan fingerprint density at radius 3 is 2.71 bits per heavy atom. The van der Waals surface area contributed by atoms with Gasteiger partial charge in [0.15, 0.2) is 0 Å². The average Bonchev–Trinajstić information content (AvgIpc) is 2.75. The molecule has 2 aromatic rings. The number of aromatic amines is 1. The molecule has 0 saturated carbocycles. The number of nitrogens with one attached hydrogen (secondary N) is 1. The van der Waals surface area contributed by atoms with E-state index in [0.717, 1.165) is 10.9 Å². The second-order valence-electron chi connectivity index (χ2n) is 3.89. The molecule has 0 fully saturated rings. The highest BCUT2D eigenvalue weighted by Gasteiger charge is 2.26. The van der Waals surface area contributed by atoms with Gasteiger partial charge in [-0.15, -0.1) is 0 Å². The summed E-state index contributed by atoms with van der Waals surface area (Å²) in [6, 6.07) is 7.34. The van der Waals surface area contributed by atoms with E-state index in [2.05, 4.69) is 9.72 Å². The Morgan fingerprint density at radius 2 is 2.06 bits per heavy atom. The lowest BCUT2D eigenvalue weighted by atomic mass is 9.94. The van der Waals surface area contributed by atoms with E-state index in [-0.39, 0.29) is 5.78 Å². The van der Waals surface area contributed by atoms with Crippen LogP contribution in [0.15, 0.2) is 30.5 Å². The number of hydrogen-bond donors (Lipinski definition) is 1. The molecule has 88 valence electrons. The lowest BCUT2D eigenvalue weighted by Gasteiger charge is -2.11. The molecule has 1 N–H and O–H groups in total. The third-order valence-electron chi connectivity index (χ3n) is 2.75. The smallest absolute Gasteiger partial charge is 0.320 e. The molecule has 1 unspecified atom stereocenters. The van der Waals surface area contributed by atoms with E-state index in [1.165, 1.54) is 14.0 Å². The van der Waals surface area contributed by atoms with Crippen LogP contribution in [0.3, 0.4) is 0 Å². The quantitative estimate of drug-likeness (QED) is 0.649. The molecule has 1 atom stereocenters. The number of aromatic nitrogens is 1. The van der Waals surface area contributed by atoms with Crippen LogP contribution in [0, 0.1) is 0 Å². The molecule has 4 heteroatoms. The SMILES string of the molecule is COC(=O)C(C(C)=O)c1ccc2[nH]ccc2c1. The summed E-state index contributed by atoms with van der Waals surface area (Å²) in [5, 5.41) is 0.970. The molecule has 0 amide bonds. The maximum Gasteiger partial charge on any atom is 0.320 e. The van der Waals surface area contributed by atoms with E-state index in [1.807, 2.05) is 24.4 Å². The van der Waals surface area contributed by atoms with Gasteiger partial charge in [0.05, 0.1) is 7.11 Å². The summed E-state index contributed by atoms with van der Waals surface area (Å²) in [5.41, 5.74) is 1.64. The molecule has 0 aliphatic rings. The van der Waals surface area contributed by atoms with E-state index in [0.29, 0.717) is 5.56 Å². The molecule has 0 aliphatic heterocycles. The van der Waals surface area contributed by atoms with Crippen LogP contribution in [0.1, 0.15) is 18.4 Å². The van der Waals surface area contributed by atoms with Crippen LogP contribution < -0.4 is 0 Å². The van der Waals surface area contributed by atoms with Gasteiger partial charge in [0.2, 0.25) is 0 Å². The molecule has 1 heterocycles. The normalized spacial score (nSPS) is 12.4. The Bertz CT molecular complexity index is 571. The number of carbonyl (C=O) groups excluding carboxylic acids is 2. The molecule has 4 nitrogen and oxygen atoms in total. The molecule has 0 aliphatic carbocycles. The lowest BCUT2D eigenvalue weighted by molar-refractivity contribution is -0.145. The van der Waals surface area contributed by atoms with Crippen molar-refractivity contribution < 1.29 is 14.3 Å². The summed E-state index contributed by atoms with van der Waals surface area (Å²) in [4.78, 5) is 26.1. The van der Waals surface area contributed by atoms with Crippen molar-refractivity contribution in [3.63, 3.8) is 0 Å². The van der Waals surface area contributed by atoms with E-state index in [4.69, 9.17) is 0 Å². The number of ether oxygens (including phenoxy) is 1. The number of ketones is 1. The number of fused-ring (bicyclic) bond motifs is 1. The minimum atomic E-state index is -0.834. The van der Waals surface area contributed by atoms with Gasteiger partial charge in [-0.25, -0.2) is 0 Å². The molecular formula is C13H13NO3. The molecule has 1 aromatic carbocycles. The Balaban J connectivity index is 2.48. The van der Waals surface area contributed by atoms with Gasteiger partial charge in [-0.05, 0) is 36.1 Å². The van der Waals surface area contributed by atoms with Crippen LogP contribution in [-0.2, 0) is 14.3 Å². The third-order valence-corrected chi connectivity index (χ3v) is 2.75. The predicted molar refractivity (Wildman–Crippen MR) is 63.7 cm³/mol. The highest BCUT2D eigenvalue weighted by atomic mass is 16.5. The molecule has 1 aromatic heterocycles. The zero-order valence-corrected chi connectivity index (χ0v) is 9.69. The first-order valence-corrected chi connectivity index (χ1v) is 5.29. The van der Waals surface area contributed by atoms with Gasteiger partial charge in [0, 0.05) is 11.7 Å². The number of esters is 1. The first kappa shape index (κ1) is 11.4. The number of rotatable bonds is 3. The third kappa shape index (κ3) is 2.06. The van der Waals surface area contributed by atoms with Crippen LogP contribution in [0.25, 0.3) is 10.9 Å². The number of H-pyrrole nitrogens is 1. The summed E-state index contributed by atoms with van der Waals surface area (Å²) >= 11 is 0. The number of hydrogen-bond acceptors (Lipinski definition) is 3. The molecule has 2 rings (SSSR count). The van der Waals surface area contributed by atoms with Gasteiger partial charge < -0.3 is 9.72 Å². The van der Waals surface area contributed by atoms with Gasteiger partial charge in [-0.3, -0.25) is 9.59 Å². The standard InChI is InChI=1S/C13H13NO3/c1-8(15)12(13(16)17-2)10-3-4-11-9(7-10)5-6-14-11/h3-7,12,14H,1-2H3. The second kappa shape index (κ2) is 4.41. The fourth-order valence-electron chi connectivity index (χ4n) is 1.91. The predicted octanol–water partition coefficient (Wildman–Crippen LogP) is 2.01. The van der Waals surface area contributed by atoms with Crippen molar-refractivity contribution in [1.82, 2.24) is 4.98 Å². The van der Waals surface area contributed by atoms with Crippen LogP contribution in [0.4, 0.5) is 0 Å². The van der Waals surface area contributed by atoms with E-state index >= 15 is 0 Å². The minimum absolute atomic E-state index is 0.216. The highest BCUT2D eigenvalue weighted by molar-refractivity contribution is 6.04. The maximum atomic E-state index is 11.6. The van der Waals surface area contributed by atoms with Gasteiger partial charge >= 0.3 is 5.97 Å². The van der Waals surface area contributed by atoms with Crippen LogP contribution in [-0.4, -0.2) is 23.8 Å². The largest absolute Gasteiger partial charge is 0.468 e. The molecule has 17 heavy (non-hydrogen) atoms. The van der Waals surface area contributed by atoms with E-state index in [9.17, 15) is 9.59 Å². The number of carbonyl (C=O) groups is 2. The van der Waals surface area contributed by atoms with Gasteiger partial charge in [0.1, 0.15) is 11.7 Å². The minimum Gasteiger partial charge on any atom is -0.468 e. The Morgan fingerprint density at radius 1 is 1.29 bits per heavy atom. The van der Waals surface area contributed by atoms with Crippen LogP contribution >= 0.6 is 0 Å². The van der Waals surface area contributed by atoms with Gasteiger partial charge in [-0.1, -0.05) is 6.07 Å². The van der Waals surface area contributed by atoms with Crippen molar-refractivity contribution in [3.05, 3.63) is 36.0 Å². The zero-order valence-electron chi connectivity index (χ0n) is 9.69. The van der Waals surface area contributed by atoms with Gasteiger partial charge in [0.25, 0.3) is 0 Å². The Labute approximate surface area is 98.6 Å². The van der Waals surface area contributed by atoms with Gasteiger partial charge in [-0.2, -0.15) is 0 Å². The zero-order chi connectivity index (χ0) is 12.4. The van der Waals surface area contributed by atoms with Crippen LogP contribution in [0.2, 0.25) is 0 Å². The Hall–Kier alpha value is -2.10. The first-order valence-electron chi connectivity index (χ1n) is 5.29. The fraction of sp³-hybridized carbons (Fsp3) is 0.231. The maximum absolute atomic E-state index is 11.6. The summed E-state index contributed by atoms with van der Waals surface area (Å²) < 4.78 is 4.65. The fourth-order valence-corrected chi connectivity index (χ4v) is 1.91. The number of methoxy groups -OCH3 is 1.